The fourth-order valence-corrected chi connectivity index (χ4v) is 3.40. The predicted molar refractivity (Wildman–Crippen MR) is 84.0 cm³/mol. The molecule has 0 bridgehead atoms. The van der Waals surface area contributed by atoms with Gasteiger partial charge in [0.1, 0.15) is 18.8 Å². The van der Waals surface area contributed by atoms with Crippen molar-refractivity contribution in [3.63, 3.8) is 0 Å². The molecule has 3 aliphatic heterocycles. The average Bonchev–Trinajstić information content (AvgIpc) is 3.18. The molecule has 7 heteroatoms. The lowest BCUT2D eigenvalue weighted by Crippen LogP contribution is -2.42. The van der Waals surface area contributed by atoms with E-state index >= 15 is 0 Å². The van der Waals surface area contributed by atoms with Crippen molar-refractivity contribution in [1.82, 2.24) is 10.2 Å². The van der Waals surface area contributed by atoms with Crippen LogP contribution < -0.4 is 14.8 Å². The molecule has 4 rings (SSSR count). The quantitative estimate of drug-likeness (QED) is 0.847. The first-order valence-corrected chi connectivity index (χ1v) is 8.24. The van der Waals surface area contributed by atoms with Gasteiger partial charge in [-0.25, -0.2) is 4.79 Å². The van der Waals surface area contributed by atoms with Crippen LogP contribution in [0.3, 0.4) is 0 Å². The molecule has 0 spiro atoms. The summed E-state index contributed by atoms with van der Waals surface area (Å²) in [5.41, 5.74) is -0.425. The third-order valence-electron chi connectivity index (χ3n) is 4.80. The van der Waals surface area contributed by atoms with E-state index in [1.165, 1.54) is 4.90 Å². The smallest absolute Gasteiger partial charge is 0.325 e. The summed E-state index contributed by atoms with van der Waals surface area (Å²) in [7, 11) is 0. The van der Waals surface area contributed by atoms with Crippen molar-refractivity contribution >= 4 is 11.9 Å². The number of hydrogen-bond acceptors (Lipinski definition) is 5. The molecule has 1 aromatic carbocycles. The zero-order valence-corrected chi connectivity index (χ0v) is 13.5. The van der Waals surface area contributed by atoms with Gasteiger partial charge in [0.05, 0.1) is 12.6 Å². The number of hydrogen-bond donors (Lipinski definition) is 1. The third-order valence-corrected chi connectivity index (χ3v) is 4.80. The molecule has 1 N–H and O–H groups in total. The summed E-state index contributed by atoms with van der Waals surface area (Å²) in [4.78, 5) is 26.5. The largest absolute Gasteiger partial charge is 0.486 e. The van der Waals surface area contributed by atoms with Gasteiger partial charge in [-0.1, -0.05) is 6.07 Å². The highest BCUT2D eigenvalue weighted by molar-refractivity contribution is 6.07. The Morgan fingerprint density at radius 1 is 1.21 bits per heavy atom. The van der Waals surface area contributed by atoms with Crippen LogP contribution in [0.2, 0.25) is 0 Å². The molecule has 2 fully saturated rings. The van der Waals surface area contributed by atoms with Crippen molar-refractivity contribution in [3.8, 4) is 11.5 Å². The number of carbonyl (C=O) groups excluding carboxylic acids is 2. The normalized spacial score (nSPS) is 29.0. The molecular weight excluding hydrogens is 312 g/mol. The topological polar surface area (TPSA) is 77.1 Å². The van der Waals surface area contributed by atoms with Gasteiger partial charge in [-0.05, 0) is 37.5 Å². The SMILES string of the molecule is C[C@]1(c2ccc3c(c2)OCCO3)NC(=O)N(C[C@H]2CCCO2)C1=O. The number of nitrogens with one attached hydrogen (secondary N) is 1. The molecule has 3 heterocycles. The number of imide groups is 1. The van der Waals surface area contributed by atoms with E-state index in [4.69, 9.17) is 14.2 Å². The van der Waals surface area contributed by atoms with E-state index in [1.54, 1.807) is 25.1 Å². The lowest BCUT2D eigenvalue weighted by Gasteiger charge is -2.25. The highest BCUT2D eigenvalue weighted by Gasteiger charge is 2.50. The van der Waals surface area contributed by atoms with Gasteiger partial charge in [-0.15, -0.1) is 0 Å². The summed E-state index contributed by atoms with van der Waals surface area (Å²) in [5, 5.41) is 2.81. The van der Waals surface area contributed by atoms with Crippen LogP contribution in [-0.4, -0.2) is 49.3 Å². The number of nitrogens with zero attached hydrogens (tertiary/aromatic N) is 1. The second-order valence-corrected chi connectivity index (χ2v) is 6.46. The summed E-state index contributed by atoms with van der Waals surface area (Å²) in [6.07, 6.45) is 1.77. The number of rotatable bonds is 3. The molecule has 2 saturated heterocycles. The van der Waals surface area contributed by atoms with Crippen molar-refractivity contribution in [3.05, 3.63) is 23.8 Å². The molecular formula is C17H20N2O5. The molecule has 1 aromatic rings. The minimum absolute atomic E-state index is 0.0673. The fourth-order valence-electron chi connectivity index (χ4n) is 3.40. The highest BCUT2D eigenvalue weighted by atomic mass is 16.6. The molecule has 0 unspecified atom stereocenters. The zero-order valence-electron chi connectivity index (χ0n) is 13.5. The predicted octanol–water partition coefficient (Wildman–Crippen LogP) is 1.40. The first-order chi connectivity index (χ1) is 11.6. The monoisotopic (exact) mass is 332 g/mol. The molecule has 0 radical (unpaired) electrons. The van der Waals surface area contributed by atoms with Crippen molar-refractivity contribution in [2.24, 2.45) is 0 Å². The summed E-state index contributed by atoms with van der Waals surface area (Å²) in [5.74, 6) is 0.987. The van der Waals surface area contributed by atoms with Gasteiger partial charge in [0.25, 0.3) is 5.91 Å². The Morgan fingerprint density at radius 3 is 2.75 bits per heavy atom. The van der Waals surface area contributed by atoms with Gasteiger partial charge >= 0.3 is 6.03 Å². The Bertz CT molecular complexity index is 686. The van der Waals surface area contributed by atoms with Crippen LogP contribution in [0, 0.1) is 0 Å². The first kappa shape index (κ1) is 15.3. The van der Waals surface area contributed by atoms with E-state index in [0.29, 0.717) is 43.4 Å². The van der Waals surface area contributed by atoms with Crippen LogP contribution in [0.5, 0.6) is 11.5 Å². The van der Waals surface area contributed by atoms with Crippen molar-refractivity contribution in [2.45, 2.75) is 31.4 Å². The lowest BCUT2D eigenvalue weighted by molar-refractivity contribution is -0.132. The maximum absolute atomic E-state index is 12.9. The van der Waals surface area contributed by atoms with Crippen LogP contribution in [0.25, 0.3) is 0 Å². The van der Waals surface area contributed by atoms with Crippen LogP contribution >= 0.6 is 0 Å². The van der Waals surface area contributed by atoms with Crippen LogP contribution in [-0.2, 0) is 15.1 Å². The van der Waals surface area contributed by atoms with E-state index in [1.807, 2.05) is 0 Å². The van der Waals surface area contributed by atoms with Crippen LogP contribution in [0.15, 0.2) is 18.2 Å². The Morgan fingerprint density at radius 2 is 2.00 bits per heavy atom. The maximum atomic E-state index is 12.9. The number of fused-ring (bicyclic) bond motifs is 1. The molecule has 7 nitrogen and oxygen atoms in total. The Kier molecular flexibility index (Phi) is 3.60. The number of amides is 3. The van der Waals surface area contributed by atoms with E-state index < -0.39 is 5.54 Å². The molecule has 128 valence electrons. The first-order valence-electron chi connectivity index (χ1n) is 8.24. The summed E-state index contributed by atoms with van der Waals surface area (Å²) in [6.45, 7) is 3.68. The van der Waals surface area contributed by atoms with Gasteiger partial charge < -0.3 is 19.5 Å². The van der Waals surface area contributed by atoms with Gasteiger partial charge in [0.2, 0.25) is 0 Å². The Hall–Kier alpha value is -2.28. The van der Waals surface area contributed by atoms with Crippen molar-refractivity contribution < 1.29 is 23.8 Å². The van der Waals surface area contributed by atoms with E-state index in [2.05, 4.69) is 5.32 Å². The molecule has 3 aliphatic rings. The Balaban J connectivity index is 1.60. The fraction of sp³-hybridized carbons (Fsp3) is 0.529. The van der Waals surface area contributed by atoms with Gasteiger partial charge in [-0.2, -0.15) is 0 Å². The molecule has 3 amide bonds. The average molecular weight is 332 g/mol. The molecule has 24 heavy (non-hydrogen) atoms. The van der Waals surface area contributed by atoms with E-state index in [0.717, 1.165) is 12.8 Å². The number of ether oxygens (including phenoxy) is 3. The van der Waals surface area contributed by atoms with Crippen molar-refractivity contribution in [2.75, 3.05) is 26.4 Å². The Labute approximate surface area is 139 Å². The lowest BCUT2D eigenvalue weighted by atomic mass is 9.91. The second-order valence-electron chi connectivity index (χ2n) is 6.46. The van der Waals surface area contributed by atoms with Crippen molar-refractivity contribution in [1.29, 1.82) is 0 Å². The maximum Gasteiger partial charge on any atom is 0.325 e. The van der Waals surface area contributed by atoms with Gasteiger partial charge in [-0.3, -0.25) is 9.69 Å². The summed E-state index contributed by atoms with van der Waals surface area (Å²) in [6, 6.07) is 4.95. The van der Waals surface area contributed by atoms with Crippen LogP contribution in [0.1, 0.15) is 25.3 Å². The standard InChI is InChI=1S/C17H20N2O5/c1-17(11-4-5-13-14(9-11)24-8-7-23-13)15(20)19(16(21)18-17)10-12-3-2-6-22-12/h4-5,9,12H,2-3,6-8,10H2,1H3,(H,18,21)/t12-,17-/m1/s1. The zero-order chi connectivity index (χ0) is 16.7. The van der Waals surface area contributed by atoms with Crippen LogP contribution in [0.4, 0.5) is 4.79 Å². The van der Waals surface area contributed by atoms with Gasteiger partial charge in [0.15, 0.2) is 11.5 Å². The molecule has 0 aliphatic carbocycles. The summed E-state index contributed by atoms with van der Waals surface area (Å²) >= 11 is 0. The number of urea groups is 1. The number of benzene rings is 1. The summed E-state index contributed by atoms with van der Waals surface area (Å²) < 4.78 is 16.6. The molecule has 0 saturated carbocycles. The second kappa shape index (κ2) is 5.66. The van der Waals surface area contributed by atoms with E-state index in [9.17, 15) is 9.59 Å². The number of carbonyl (C=O) groups is 2. The third kappa shape index (κ3) is 2.39. The van der Waals surface area contributed by atoms with E-state index in [-0.39, 0.29) is 18.0 Å². The molecule has 2 atom stereocenters. The minimum Gasteiger partial charge on any atom is -0.486 e. The highest BCUT2D eigenvalue weighted by Crippen LogP contribution is 2.37. The minimum atomic E-state index is -1.11. The molecule has 0 aromatic heterocycles. The van der Waals surface area contributed by atoms with Gasteiger partial charge in [0, 0.05) is 6.61 Å².